The second-order valence-electron chi connectivity index (χ2n) is 6.25. The Kier molecular flexibility index (Phi) is 4.31. The van der Waals surface area contributed by atoms with E-state index in [0.29, 0.717) is 13.0 Å². The number of carbonyl (C=O) groups excluding carboxylic acids is 1. The van der Waals surface area contributed by atoms with Crippen LogP contribution in [0.5, 0.6) is 0 Å². The summed E-state index contributed by atoms with van der Waals surface area (Å²) in [5.74, 6) is 0.0343. The molecule has 1 fully saturated rings. The molecule has 1 amide bonds. The molecule has 1 aliphatic rings. The van der Waals surface area contributed by atoms with Crippen LogP contribution in [0.25, 0.3) is 5.13 Å². The summed E-state index contributed by atoms with van der Waals surface area (Å²) in [7, 11) is 0. The maximum Gasteiger partial charge on any atom is 0.226 e. The van der Waals surface area contributed by atoms with Crippen molar-refractivity contribution in [3.8, 4) is 5.13 Å². The molecule has 0 bridgehead atoms. The zero-order valence-electron chi connectivity index (χ0n) is 12.9. The van der Waals surface area contributed by atoms with Crippen molar-refractivity contribution in [1.82, 2.24) is 14.9 Å². The van der Waals surface area contributed by atoms with E-state index in [1.807, 2.05) is 34.5 Å². The smallest absolute Gasteiger partial charge is 0.226 e. The van der Waals surface area contributed by atoms with Gasteiger partial charge in [0, 0.05) is 30.4 Å². The molecule has 0 spiro atoms. The summed E-state index contributed by atoms with van der Waals surface area (Å²) in [6.45, 7) is 4.83. The van der Waals surface area contributed by atoms with Crippen LogP contribution in [0.4, 0.5) is 0 Å². The lowest BCUT2D eigenvalue weighted by Crippen LogP contribution is -2.46. The number of rotatable bonds is 4. The fourth-order valence-electron chi connectivity index (χ4n) is 2.76. The standard InChI is InChI=1S/C16H21N3O2S/c1-16(2)10-12(5-8-21-16)17-14(20)9-13-11-22-15(18-13)19-6-3-4-7-19/h3-4,6-7,11-12H,5,8-10H2,1-2H3,(H,17,20)/t12-/m1/s1. The Labute approximate surface area is 134 Å². The lowest BCUT2D eigenvalue weighted by Gasteiger charge is -2.35. The van der Waals surface area contributed by atoms with E-state index in [4.69, 9.17) is 4.74 Å². The first kappa shape index (κ1) is 15.2. The SMILES string of the molecule is CC1(C)C[C@H](NC(=O)Cc2csc(-n3cccc3)n2)CCO1. The van der Waals surface area contributed by atoms with E-state index >= 15 is 0 Å². The second kappa shape index (κ2) is 6.22. The highest BCUT2D eigenvalue weighted by molar-refractivity contribution is 7.12. The number of thiazole rings is 1. The van der Waals surface area contributed by atoms with Crippen molar-refractivity contribution in [3.05, 3.63) is 35.6 Å². The molecule has 22 heavy (non-hydrogen) atoms. The largest absolute Gasteiger partial charge is 0.375 e. The number of amides is 1. The molecule has 6 heteroatoms. The molecule has 0 radical (unpaired) electrons. The third kappa shape index (κ3) is 3.75. The van der Waals surface area contributed by atoms with Gasteiger partial charge in [-0.15, -0.1) is 11.3 Å². The highest BCUT2D eigenvalue weighted by Crippen LogP contribution is 2.24. The monoisotopic (exact) mass is 319 g/mol. The molecule has 1 N–H and O–H groups in total. The molecule has 1 aliphatic heterocycles. The molecule has 3 heterocycles. The maximum absolute atomic E-state index is 12.2. The average molecular weight is 319 g/mol. The van der Waals surface area contributed by atoms with Gasteiger partial charge in [0.05, 0.1) is 17.7 Å². The van der Waals surface area contributed by atoms with Crippen molar-refractivity contribution < 1.29 is 9.53 Å². The zero-order chi connectivity index (χ0) is 15.6. The van der Waals surface area contributed by atoms with Gasteiger partial charge in [-0.1, -0.05) is 0 Å². The van der Waals surface area contributed by atoms with Crippen LogP contribution in [0.1, 0.15) is 32.4 Å². The molecule has 3 rings (SSSR count). The first-order valence-corrected chi connectivity index (χ1v) is 8.41. The number of hydrogen-bond acceptors (Lipinski definition) is 4. The van der Waals surface area contributed by atoms with Crippen molar-refractivity contribution in [2.75, 3.05) is 6.61 Å². The number of hydrogen-bond donors (Lipinski definition) is 1. The first-order valence-electron chi connectivity index (χ1n) is 7.53. The van der Waals surface area contributed by atoms with Crippen LogP contribution in [0, 0.1) is 0 Å². The molecule has 1 saturated heterocycles. The van der Waals surface area contributed by atoms with E-state index in [-0.39, 0.29) is 17.6 Å². The van der Waals surface area contributed by atoms with E-state index in [2.05, 4.69) is 24.1 Å². The fraction of sp³-hybridized carbons (Fsp3) is 0.500. The minimum Gasteiger partial charge on any atom is -0.375 e. The Morgan fingerprint density at radius 3 is 3.00 bits per heavy atom. The average Bonchev–Trinajstić information content (AvgIpc) is 3.07. The number of aromatic nitrogens is 2. The molecule has 0 aromatic carbocycles. The van der Waals surface area contributed by atoms with Gasteiger partial charge in [0.1, 0.15) is 0 Å². The van der Waals surface area contributed by atoms with Gasteiger partial charge in [-0.25, -0.2) is 4.98 Å². The third-order valence-electron chi connectivity index (χ3n) is 3.77. The Morgan fingerprint density at radius 1 is 1.50 bits per heavy atom. The number of nitrogens with one attached hydrogen (secondary N) is 1. The van der Waals surface area contributed by atoms with E-state index in [1.54, 1.807) is 11.3 Å². The first-order chi connectivity index (χ1) is 10.5. The molecule has 0 unspecified atom stereocenters. The molecule has 2 aromatic heterocycles. The summed E-state index contributed by atoms with van der Waals surface area (Å²) < 4.78 is 7.63. The molecular weight excluding hydrogens is 298 g/mol. The minimum atomic E-state index is -0.154. The van der Waals surface area contributed by atoms with E-state index in [0.717, 1.165) is 23.7 Å². The Morgan fingerprint density at radius 2 is 2.27 bits per heavy atom. The minimum absolute atomic E-state index is 0.0343. The van der Waals surface area contributed by atoms with Gasteiger partial charge in [-0.2, -0.15) is 0 Å². The highest BCUT2D eigenvalue weighted by atomic mass is 32.1. The molecule has 0 aliphatic carbocycles. The second-order valence-corrected chi connectivity index (χ2v) is 7.09. The maximum atomic E-state index is 12.2. The molecular formula is C16H21N3O2S. The van der Waals surface area contributed by atoms with Crippen LogP contribution in [0.2, 0.25) is 0 Å². The summed E-state index contributed by atoms with van der Waals surface area (Å²) >= 11 is 1.55. The lowest BCUT2D eigenvalue weighted by atomic mass is 9.94. The number of ether oxygens (including phenoxy) is 1. The topological polar surface area (TPSA) is 56.2 Å². The predicted octanol–water partition coefficient (Wildman–Crippen LogP) is 2.55. The van der Waals surface area contributed by atoms with Gasteiger partial charge >= 0.3 is 0 Å². The van der Waals surface area contributed by atoms with E-state index < -0.39 is 0 Å². The number of nitrogens with zero attached hydrogens (tertiary/aromatic N) is 2. The van der Waals surface area contributed by atoms with Crippen LogP contribution in [-0.4, -0.2) is 33.7 Å². The van der Waals surface area contributed by atoms with Crippen molar-refractivity contribution >= 4 is 17.2 Å². The van der Waals surface area contributed by atoms with Crippen molar-refractivity contribution in [3.63, 3.8) is 0 Å². The van der Waals surface area contributed by atoms with Crippen molar-refractivity contribution in [2.45, 2.75) is 44.8 Å². The molecule has 118 valence electrons. The van der Waals surface area contributed by atoms with Crippen LogP contribution in [0.3, 0.4) is 0 Å². The quantitative estimate of drug-likeness (QED) is 0.942. The van der Waals surface area contributed by atoms with Crippen LogP contribution in [-0.2, 0) is 16.0 Å². The summed E-state index contributed by atoms with van der Waals surface area (Å²) in [4.78, 5) is 16.7. The van der Waals surface area contributed by atoms with Crippen molar-refractivity contribution in [2.24, 2.45) is 0 Å². The van der Waals surface area contributed by atoms with Gasteiger partial charge in [-0.3, -0.25) is 4.79 Å². The predicted molar refractivity (Wildman–Crippen MR) is 86.3 cm³/mol. The summed E-state index contributed by atoms with van der Waals surface area (Å²) in [6, 6.07) is 4.11. The summed E-state index contributed by atoms with van der Waals surface area (Å²) in [5.41, 5.74) is 0.663. The van der Waals surface area contributed by atoms with Gasteiger partial charge in [0.15, 0.2) is 5.13 Å². The third-order valence-corrected chi connectivity index (χ3v) is 4.67. The van der Waals surface area contributed by atoms with E-state index in [1.165, 1.54) is 0 Å². The van der Waals surface area contributed by atoms with Crippen LogP contribution >= 0.6 is 11.3 Å². The van der Waals surface area contributed by atoms with Gasteiger partial charge in [0.2, 0.25) is 5.91 Å². The van der Waals surface area contributed by atoms with Gasteiger partial charge < -0.3 is 14.6 Å². The Balaban J connectivity index is 1.56. The zero-order valence-corrected chi connectivity index (χ0v) is 13.7. The molecule has 0 saturated carbocycles. The molecule has 2 aromatic rings. The normalized spacial score (nSPS) is 20.7. The molecule has 5 nitrogen and oxygen atoms in total. The highest BCUT2D eigenvalue weighted by Gasteiger charge is 2.29. The summed E-state index contributed by atoms with van der Waals surface area (Å²) in [5, 5.41) is 5.94. The molecule has 1 atom stereocenters. The van der Waals surface area contributed by atoms with Crippen LogP contribution < -0.4 is 5.32 Å². The Bertz CT molecular complexity index is 634. The lowest BCUT2D eigenvalue weighted by molar-refractivity contribution is -0.123. The van der Waals surface area contributed by atoms with Crippen molar-refractivity contribution in [1.29, 1.82) is 0 Å². The fourth-order valence-corrected chi connectivity index (χ4v) is 3.55. The van der Waals surface area contributed by atoms with E-state index in [9.17, 15) is 4.79 Å². The van der Waals surface area contributed by atoms with Crippen LogP contribution in [0.15, 0.2) is 29.9 Å². The Hall–Kier alpha value is -1.66. The summed E-state index contributed by atoms with van der Waals surface area (Å²) in [6.07, 6.45) is 5.96. The van der Waals surface area contributed by atoms with Gasteiger partial charge in [-0.05, 0) is 38.8 Å². The number of carbonyl (C=O) groups is 1. The van der Waals surface area contributed by atoms with Gasteiger partial charge in [0.25, 0.3) is 0 Å².